The molecule has 0 fully saturated rings. The van der Waals surface area contributed by atoms with Gasteiger partial charge < -0.3 is 5.11 Å². The maximum atomic E-state index is 12.9. The summed E-state index contributed by atoms with van der Waals surface area (Å²) in [6, 6.07) is 8.51. The second-order valence-electron chi connectivity index (χ2n) is 5.60. The van der Waals surface area contributed by atoms with Crippen LogP contribution in [-0.4, -0.2) is 38.5 Å². The molecule has 0 radical (unpaired) electrons. The molecule has 2 aromatic rings. The molecule has 1 atom stereocenters. The zero-order chi connectivity index (χ0) is 15.4. The van der Waals surface area contributed by atoms with Crippen molar-refractivity contribution in [3.8, 4) is 5.69 Å². The second kappa shape index (κ2) is 6.83. The van der Waals surface area contributed by atoms with Gasteiger partial charge in [0.2, 0.25) is 0 Å². The quantitative estimate of drug-likeness (QED) is 0.889. The molecule has 5 heteroatoms. The van der Waals surface area contributed by atoms with Gasteiger partial charge in [-0.25, -0.2) is 9.07 Å². The largest absolute Gasteiger partial charge is 0.392 e. The summed E-state index contributed by atoms with van der Waals surface area (Å²) >= 11 is 0. The predicted octanol–water partition coefficient (Wildman–Crippen LogP) is 2.60. The Bertz CT molecular complexity index is 563. The maximum Gasteiger partial charge on any atom is 0.123 e. The van der Waals surface area contributed by atoms with Gasteiger partial charge in [-0.1, -0.05) is 0 Å². The van der Waals surface area contributed by atoms with Gasteiger partial charge in [0.1, 0.15) is 5.82 Å². The summed E-state index contributed by atoms with van der Waals surface area (Å²) in [4.78, 5) is 2.17. The standard InChI is InChI=1S/C16H22FN3O/c1-12(2)19(10-13(3)21)11-15-8-9-20(18-15)16-6-4-14(17)5-7-16/h4-9,12-13,21H,10-11H2,1-3H3. The smallest absolute Gasteiger partial charge is 0.123 e. The fourth-order valence-electron chi connectivity index (χ4n) is 2.19. The van der Waals surface area contributed by atoms with Gasteiger partial charge >= 0.3 is 0 Å². The van der Waals surface area contributed by atoms with E-state index < -0.39 is 0 Å². The van der Waals surface area contributed by atoms with Crippen molar-refractivity contribution in [2.75, 3.05) is 6.54 Å². The van der Waals surface area contributed by atoms with Crippen molar-refractivity contribution in [1.29, 1.82) is 0 Å². The molecule has 0 saturated heterocycles. The number of aromatic nitrogens is 2. The summed E-state index contributed by atoms with van der Waals surface area (Å²) in [6.45, 7) is 7.27. The SMILES string of the molecule is CC(O)CN(Cc1ccn(-c2ccc(F)cc2)n1)C(C)C. The summed E-state index contributed by atoms with van der Waals surface area (Å²) in [5, 5.41) is 14.1. The molecule has 1 heterocycles. The lowest BCUT2D eigenvalue weighted by molar-refractivity contribution is 0.102. The van der Waals surface area contributed by atoms with E-state index in [-0.39, 0.29) is 11.9 Å². The van der Waals surface area contributed by atoms with Gasteiger partial charge in [0.05, 0.1) is 17.5 Å². The Morgan fingerprint density at radius 2 is 1.86 bits per heavy atom. The van der Waals surface area contributed by atoms with Gasteiger partial charge in [0.15, 0.2) is 0 Å². The first kappa shape index (κ1) is 15.7. The molecule has 2 rings (SSSR count). The third-order valence-corrected chi connectivity index (χ3v) is 3.33. The Morgan fingerprint density at radius 1 is 1.19 bits per heavy atom. The molecule has 114 valence electrons. The normalized spacial score (nSPS) is 13.1. The number of hydrogen-bond donors (Lipinski definition) is 1. The number of benzene rings is 1. The van der Waals surface area contributed by atoms with Crippen molar-refractivity contribution >= 4 is 0 Å². The minimum absolute atomic E-state index is 0.256. The average molecular weight is 291 g/mol. The van der Waals surface area contributed by atoms with Crippen LogP contribution in [0.3, 0.4) is 0 Å². The van der Waals surface area contributed by atoms with Crippen LogP contribution in [0.4, 0.5) is 4.39 Å². The molecule has 0 saturated carbocycles. The van der Waals surface area contributed by atoms with Crippen LogP contribution < -0.4 is 0 Å². The number of aliphatic hydroxyl groups excluding tert-OH is 1. The van der Waals surface area contributed by atoms with Crippen molar-refractivity contribution < 1.29 is 9.50 Å². The molecular formula is C16H22FN3O. The van der Waals surface area contributed by atoms with E-state index in [0.29, 0.717) is 19.1 Å². The van der Waals surface area contributed by atoms with E-state index in [1.807, 2.05) is 12.3 Å². The van der Waals surface area contributed by atoms with Crippen molar-refractivity contribution in [1.82, 2.24) is 14.7 Å². The van der Waals surface area contributed by atoms with Gasteiger partial charge in [-0.05, 0) is 51.1 Å². The van der Waals surface area contributed by atoms with Gasteiger partial charge in [-0.3, -0.25) is 4.90 Å². The van der Waals surface area contributed by atoms with Gasteiger partial charge in [0.25, 0.3) is 0 Å². The Balaban J connectivity index is 2.10. The first-order valence-corrected chi connectivity index (χ1v) is 7.18. The van der Waals surface area contributed by atoms with Crippen molar-refractivity contribution in [3.63, 3.8) is 0 Å². The van der Waals surface area contributed by atoms with Crippen molar-refractivity contribution in [2.24, 2.45) is 0 Å². The zero-order valence-corrected chi connectivity index (χ0v) is 12.7. The monoisotopic (exact) mass is 291 g/mol. The van der Waals surface area contributed by atoms with Crippen molar-refractivity contribution in [3.05, 3.63) is 48.0 Å². The molecule has 4 nitrogen and oxygen atoms in total. The number of halogens is 1. The maximum absolute atomic E-state index is 12.9. The third-order valence-electron chi connectivity index (χ3n) is 3.33. The zero-order valence-electron chi connectivity index (χ0n) is 12.7. The molecular weight excluding hydrogens is 269 g/mol. The van der Waals surface area contributed by atoms with Crippen LogP contribution in [-0.2, 0) is 6.54 Å². The van der Waals surface area contributed by atoms with E-state index >= 15 is 0 Å². The Morgan fingerprint density at radius 3 is 2.43 bits per heavy atom. The molecule has 1 unspecified atom stereocenters. The minimum atomic E-state index is -0.369. The Hall–Kier alpha value is -1.72. The predicted molar refractivity (Wildman–Crippen MR) is 80.7 cm³/mol. The second-order valence-corrected chi connectivity index (χ2v) is 5.60. The van der Waals surface area contributed by atoms with E-state index in [1.165, 1.54) is 12.1 Å². The van der Waals surface area contributed by atoms with Crippen molar-refractivity contribution in [2.45, 2.75) is 39.5 Å². The van der Waals surface area contributed by atoms with Crippen LogP contribution in [0.15, 0.2) is 36.5 Å². The number of nitrogens with zero attached hydrogens (tertiary/aromatic N) is 3. The molecule has 0 amide bonds. The Labute approximate surface area is 124 Å². The average Bonchev–Trinajstić information content (AvgIpc) is 2.87. The minimum Gasteiger partial charge on any atom is -0.392 e. The van der Waals surface area contributed by atoms with E-state index in [1.54, 1.807) is 23.7 Å². The van der Waals surface area contributed by atoms with E-state index in [4.69, 9.17) is 0 Å². The highest BCUT2D eigenvalue weighted by Gasteiger charge is 2.14. The van der Waals surface area contributed by atoms with E-state index in [2.05, 4.69) is 23.8 Å². The summed E-state index contributed by atoms with van der Waals surface area (Å²) < 4.78 is 14.7. The van der Waals surface area contributed by atoms with E-state index in [0.717, 1.165) is 11.4 Å². The van der Waals surface area contributed by atoms with Gasteiger partial charge in [-0.2, -0.15) is 5.10 Å². The highest BCUT2D eigenvalue weighted by Crippen LogP contribution is 2.11. The molecule has 0 aliphatic carbocycles. The summed E-state index contributed by atoms with van der Waals surface area (Å²) in [7, 11) is 0. The first-order valence-electron chi connectivity index (χ1n) is 7.18. The van der Waals surface area contributed by atoms with Crippen LogP contribution in [0, 0.1) is 5.82 Å². The number of rotatable bonds is 6. The molecule has 1 aromatic heterocycles. The highest BCUT2D eigenvalue weighted by molar-refractivity contribution is 5.31. The van der Waals surface area contributed by atoms with Gasteiger partial charge in [0, 0.05) is 25.3 Å². The summed E-state index contributed by atoms with van der Waals surface area (Å²) in [6.07, 6.45) is 1.50. The molecule has 0 spiro atoms. The van der Waals surface area contributed by atoms with Crippen LogP contribution >= 0.6 is 0 Å². The van der Waals surface area contributed by atoms with Crippen LogP contribution in [0.25, 0.3) is 5.69 Å². The van der Waals surface area contributed by atoms with E-state index in [9.17, 15) is 9.50 Å². The topological polar surface area (TPSA) is 41.3 Å². The lowest BCUT2D eigenvalue weighted by Crippen LogP contribution is -2.36. The molecule has 0 aliphatic rings. The fourth-order valence-corrected chi connectivity index (χ4v) is 2.19. The number of aliphatic hydroxyl groups is 1. The van der Waals surface area contributed by atoms with Crippen LogP contribution in [0.5, 0.6) is 0 Å². The van der Waals surface area contributed by atoms with Crippen LogP contribution in [0.1, 0.15) is 26.5 Å². The molecule has 1 N–H and O–H groups in total. The summed E-state index contributed by atoms with van der Waals surface area (Å²) in [5.41, 5.74) is 1.75. The number of hydrogen-bond acceptors (Lipinski definition) is 3. The van der Waals surface area contributed by atoms with Crippen LogP contribution in [0.2, 0.25) is 0 Å². The first-order chi connectivity index (χ1) is 9.95. The molecule has 1 aromatic carbocycles. The summed E-state index contributed by atoms with van der Waals surface area (Å²) in [5.74, 6) is -0.256. The lowest BCUT2D eigenvalue weighted by Gasteiger charge is -2.26. The Kier molecular flexibility index (Phi) is 5.09. The van der Waals surface area contributed by atoms with Gasteiger partial charge in [-0.15, -0.1) is 0 Å². The lowest BCUT2D eigenvalue weighted by atomic mass is 10.2. The fraction of sp³-hybridized carbons (Fsp3) is 0.438. The molecule has 0 bridgehead atoms. The molecule has 0 aliphatic heterocycles. The highest BCUT2D eigenvalue weighted by atomic mass is 19.1. The third kappa shape index (κ3) is 4.37. The molecule has 21 heavy (non-hydrogen) atoms.